The van der Waals surface area contributed by atoms with E-state index >= 15 is 0 Å². The lowest BCUT2D eigenvalue weighted by molar-refractivity contribution is -0.384. The van der Waals surface area contributed by atoms with Gasteiger partial charge in [-0.25, -0.2) is 4.98 Å². The first kappa shape index (κ1) is 20.7. The quantitative estimate of drug-likeness (QED) is 0.339. The second-order valence-corrected chi connectivity index (χ2v) is 7.79. The molecule has 1 saturated heterocycles. The number of benzene rings is 1. The number of carbonyl (C=O) groups is 1. The van der Waals surface area contributed by atoms with Crippen LogP contribution in [0.2, 0.25) is 0 Å². The number of carbonyl (C=O) groups excluding carboxylic acids is 1. The van der Waals surface area contributed by atoms with Crippen LogP contribution >= 0.6 is 0 Å². The summed E-state index contributed by atoms with van der Waals surface area (Å²) in [6.07, 6.45) is 7.97. The number of anilines is 1. The lowest BCUT2D eigenvalue weighted by Gasteiger charge is -2.23. The van der Waals surface area contributed by atoms with Crippen molar-refractivity contribution in [3.63, 3.8) is 0 Å². The van der Waals surface area contributed by atoms with Gasteiger partial charge in [0.15, 0.2) is 5.82 Å². The largest absolute Gasteiger partial charge is 0.365 e. The van der Waals surface area contributed by atoms with Crippen molar-refractivity contribution < 1.29 is 9.72 Å². The van der Waals surface area contributed by atoms with Crippen molar-refractivity contribution in [3.8, 4) is 0 Å². The Kier molecular flexibility index (Phi) is 5.81. The van der Waals surface area contributed by atoms with Gasteiger partial charge in [-0.1, -0.05) is 0 Å². The van der Waals surface area contributed by atoms with Crippen molar-refractivity contribution in [2.45, 2.75) is 13.0 Å². The number of hydrogen-bond acceptors (Lipinski definition) is 7. The number of ketones is 1. The van der Waals surface area contributed by atoms with Crippen LogP contribution in [0.1, 0.15) is 28.2 Å². The second-order valence-electron chi connectivity index (χ2n) is 7.79. The van der Waals surface area contributed by atoms with Gasteiger partial charge in [-0.2, -0.15) is 5.10 Å². The molecular weight excluding hydrogens is 398 g/mol. The highest BCUT2D eigenvalue weighted by molar-refractivity contribution is 6.07. The van der Waals surface area contributed by atoms with E-state index in [-0.39, 0.29) is 22.9 Å². The summed E-state index contributed by atoms with van der Waals surface area (Å²) in [5, 5.41) is 16.0. The molecule has 10 heteroatoms. The summed E-state index contributed by atoms with van der Waals surface area (Å²) in [6.45, 7) is 3.90. The minimum absolute atomic E-state index is 0.0548. The normalized spacial score (nSPS) is 15.1. The van der Waals surface area contributed by atoms with Crippen LogP contribution in [0.5, 0.6) is 0 Å². The van der Waals surface area contributed by atoms with E-state index in [4.69, 9.17) is 0 Å². The number of hydrogen-bond donors (Lipinski definition) is 0. The van der Waals surface area contributed by atoms with Crippen LogP contribution in [-0.2, 0) is 20.6 Å². The first-order valence-electron chi connectivity index (χ1n) is 10.2. The van der Waals surface area contributed by atoms with Crippen molar-refractivity contribution in [3.05, 3.63) is 70.1 Å². The Morgan fingerprint density at radius 3 is 2.71 bits per heavy atom. The average molecular weight is 423 g/mol. The van der Waals surface area contributed by atoms with Gasteiger partial charge in [0, 0.05) is 82.6 Å². The van der Waals surface area contributed by atoms with E-state index in [0.29, 0.717) is 12.2 Å². The maximum Gasteiger partial charge on any atom is 0.293 e. The Morgan fingerprint density at radius 1 is 1.19 bits per heavy atom. The highest BCUT2D eigenvalue weighted by Crippen LogP contribution is 2.31. The molecule has 31 heavy (non-hydrogen) atoms. The van der Waals surface area contributed by atoms with E-state index in [0.717, 1.165) is 38.2 Å². The Hall–Kier alpha value is -3.53. The van der Waals surface area contributed by atoms with Gasteiger partial charge in [-0.05, 0) is 18.6 Å². The molecule has 1 fully saturated rings. The van der Waals surface area contributed by atoms with E-state index in [2.05, 4.69) is 15.0 Å². The predicted octanol–water partition coefficient (Wildman–Crippen LogP) is 2.01. The standard InChI is InChI=1S/C21H25N7O3/c1-24-9-6-22-21(24)20(29)17-4-5-18(19(12-17)28(30)31)27-8-3-7-26(10-11-27)15-16-13-23-25(2)14-16/h4-6,9,12-14H,3,7-8,10-11,15H2,1-2H3. The minimum atomic E-state index is -0.414. The topological polar surface area (TPSA) is 102 Å². The summed E-state index contributed by atoms with van der Waals surface area (Å²) in [5.41, 5.74) is 1.90. The molecule has 1 aliphatic rings. The first-order chi connectivity index (χ1) is 14.9. The Morgan fingerprint density at radius 2 is 2.03 bits per heavy atom. The van der Waals surface area contributed by atoms with Gasteiger partial charge in [0.05, 0.1) is 11.1 Å². The summed E-state index contributed by atoms with van der Waals surface area (Å²) in [4.78, 5) is 32.6. The molecule has 162 valence electrons. The highest BCUT2D eigenvalue weighted by Gasteiger charge is 2.25. The smallest absolute Gasteiger partial charge is 0.293 e. The molecule has 0 aliphatic carbocycles. The maximum atomic E-state index is 12.7. The molecule has 3 heterocycles. The fourth-order valence-electron chi connectivity index (χ4n) is 3.97. The van der Waals surface area contributed by atoms with Crippen LogP contribution in [0.4, 0.5) is 11.4 Å². The van der Waals surface area contributed by atoms with Gasteiger partial charge in [-0.15, -0.1) is 0 Å². The monoisotopic (exact) mass is 423 g/mol. The number of rotatable bonds is 6. The molecule has 4 rings (SSSR count). The van der Waals surface area contributed by atoms with Crippen LogP contribution in [0.3, 0.4) is 0 Å². The van der Waals surface area contributed by atoms with Crippen LogP contribution < -0.4 is 4.90 Å². The third kappa shape index (κ3) is 4.48. The zero-order valence-electron chi connectivity index (χ0n) is 17.6. The fourth-order valence-corrected chi connectivity index (χ4v) is 3.97. The fraction of sp³-hybridized carbons (Fsp3) is 0.381. The molecule has 0 radical (unpaired) electrons. The molecule has 2 aromatic heterocycles. The molecular formula is C21H25N7O3. The number of aromatic nitrogens is 4. The first-order valence-corrected chi connectivity index (χ1v) is 10.2. The van der Waals surface area contributed by atoms with Crippen molar-refractivity contribution in [1.82, 2.24) is 24.2 Å². The van der Waals surface area contributed by atoms with Gasteiger partial charge in [0.25, 0.3) is 5.69 Å². The third-order valence-corrected chi connectivity index (χ3v) is 5.55. The average Bonchev–Trinajstić information content (AvgIpc) is 3.29. The van der Waals surface area contributed by atoms with E-state index in [1.807, 2.05) is 24.3 Å². The molecule has 10 nitrogen and oxygen atoms in total. The molecule has 3 aromatic rings. The van der Waals surface area contributed by atoms with Crippen molar-refractivity contribution in [2.24, 2.45) is 14.1 Å². The molecule has 0 saturated carbocycles. The third-order valence-electron chi connectivity index (χ3n) is 5.55. The van der Waals surface area contributed by atoms with Crippen LogP contribution in [0.25, 0.3) is 0 Å². The van der Waals surface area contributed by atoms with Crippen molar-refractivity contribution in [1.29, 1.82) is 0 Å². The van der Waals surface area contributed by atoms with E-state index in [1.54, 1.807) is 34.6 Å². The van der Waals surface area contributed by atoms with Crippen LogP contribution in [0, 0.1) is 10.1 Å². The maximum absolute atomic E-state index is 12.7. The van der Waals surface area contributed by atoms with Crippen LogP contribution in [-0.4, -0.2) is 61.1 Å². The number of aryl methyl sites for hydroxylation is 2. The van der Waals surface area contributed by atoms with Gasteiger partial charge in [0.1, 0.15) is 5.69 Å². The van der Waals surface area contributed by atoms with Gasteiger partial charge < -0.3 is 9.47 Å². The summed E-state index contributed by atoms with van der Waals surface area (Å²) in [5.74, 6) is -0.0801. The molecule has 0 amide bonds. The second kappa shape index (κ2) is 8.68. The summed E-state index contributed by atoms with van der Waals surface area (Å²) < 4.78 is 3.39. The predicted molar refractivity (Wildman–Crippen MR) is 115 cm³/mol. The molecule has 0 bridgehead atoms. The Bertz CT molecular complexity index is 1100. The summed E-state index contributed by atoms with van der Waals surface area (Å²) in [7, 11) is 3.62. The molecule has 0 N–H and O–H groups in total. The molecule has 0 atom stereocenters. The SMILES string of the molecule is Cn1cc(CN2CCCN(c3ccc(C(=O)c4nccn4C)cc3[N+](=O)[O-])CC2)cn1. The highest BCUT2D eigenvalue weighted by atomic mass is 16.6. The number of nitro groups is 1. The lowest BCUT2D eigenvalue weighted by atomic mass is 10.1. The number of nitrogens with zero attached hydrogens (tertiary/aromatic N) is 7. The molecule has 0 unspecified atom stereocenters. The number of nitro benzene ring substituents is 1. The molecule has 1 aliphatic heterocycles. The van der Waals surface area contributed by atoms with Crippen molar-refractivity contribution >= 4 is 17.2 Å². The summed E-state index contributed by atoms with van der Waals surface area (Å²) >= 11 is 0. The molecule has 0 spiro atoms. The zero-order valence-corrected chi connectivity index (χ0v) is 17.6. The van der Waals surface area contributed by atoms with Crippen LogP contribution in [0.15, 0.2) is 43.0 Å². The Balaban J connectivity index is 1.52. The zero-order chi connectivity index (χ0) is 22.0. The van der Waals surface area contributed by atoms with E-state index < -0.39 is 4.92 Å². The molecule has 1 aromatic carbocycles. The van der Waals surface area contributed by atoms with Gasteiger partial charge in [0.2, 0.25) is 5.78 Å². The van der Waals surface area contributed by atoms with Gasteiger partial charge in [-0.3, -0.25) is 24.5 Å². The van der Waals surface area contributed by atoms with Gasteiger partial charge >= 0.3 is 0 Å². The lowest BCUT2D eigenvalue weighted by Crippen LogP contribution is -2.30. The Labute approximate surface area is 179 Å². The minimum Gasteiger partial charge on any atom is -0.365 e. The summed E-state index contributed by atoms with van der Waals surface area (Å²) in [6, 6.07) is 4.70. The number of imidazole rings is 1. The van der Waals surface area contributed by atoms with E-state index in [1.165, 1.54) is 12.3 Å². The van der Waals surface area contributed by atoms with E-state index in [9.17, 15) is 14.9 Å². The van der Waals surface area contributed by atoms with Crippen molar-refractivity contribution in [2.75, 3.05) is 31.1 Å².